The summed E-state index contributed by atoms with van der Waals surface area (Å²) < 4.78 is 0. The molecule has 0 aliphatic heterocycles. The smallest absolute Gasteiger partial charge is 0.0389 e. The standard InChI is InChI=1S/C12H13N/c13-11-5-6-12(7-8-12)10-4-2-1-3-9(10)11/h1-4,13H,5-8H2. The van der Waals surface area contributed by atoms with Gasteiger partial charge in [-0.2, -0.15) is 0 Å². The van der Waals surface area contributed by atoms with Crippen LogP contribution in [0.1, 0.15) is 36.8 Å². The second-order valence-electron chi connectivity index (χ2n) is 4.30. The third kappa shape index (κ3) is 0.902. The summed E-state index contributed by atoms with van der Waals surface area (Å²) in [5.74, 6) is 0. The molecule has 13 heavy (non-hydrogen) atoms. The lowest BCUT2D eigenvalue weighted by molar-refractivity contribution is 0.621. The van der Waals surface area contributed by atoms with Gasteiger partial charge in [0.15, 0.2) is 0 Å². The van der Waals surface area contributed by atoms with E-state index in [0.29, 0.717) is 5.41 Å². The fourth-order valence-corrected chi connectivity index (χ4v) is 2.51. The molecular formula is C12H13N. The van der Waals surface area contributed by atoms with Crippen molar-refractivity contribution in [2.24, 2.45) is 0 Å². The molecule has 0 atom stereocenters. The number of benzene rings is 1. The summed E-state index contributed by atoms with van der Waals surface area (Å²) in [4.78, 5) is 0. The predicted molar refractivity (Wildman–Crippen MR) is 53.4 cm³/mol. The van der Waals surface area contributed by atoms with Gasteiger partial charge in [0.05, 0.1) is 0 Å². The van der Waals surface area contributed by atoms with Crippen molar-refractivity contribution in [3.05, 3.63) is 35.4 Å². The summed E-state index contributed by atoms with van der Waals surface area (Å²) in [7, 11) is 0. The van der Waals surface area contributed by atoms with E-state index in [2.05, 4.69) is 24.3 Å². The molecule has 1 nitrogen and oxygen atoms in total. The Bertz CT molecular complexity index is 374. The van der Waals surface area contributed by atoms with Gasteiger partial charge in [0.25, 0.3) is 0 Å². The summed E-state index contributed by atoms with van der Waals surface area (Å²) in [5, 5.41) is 7.87. The van der Waals surface area contributed by atoms with Crippen LogP contribution < -0.4 is 0 Å². The van der Waals surface area contributed by atoms with Crippen molar-refractivity contribution in [2.45, 2.75) is 31.1 Å². The Balaban J connectivity index is 2.22. The fourth-order valence-electron chi connectivity index (χ4n) is 2.51. The molecule has 3 rings (SSSR count). The van der Waals surface area contributed by atoms with E-state index in [0.717, 1.165) is 12.1 Å². The summed E-state index contributed by atoms with van der Waals surface area (Å²) in [6.07, 6.45) is 4.88. The molecule has 0 saturated heterocycles. The maximum atomic E-state index is 7.87. The Kier molecular flexibility index (Phi) is 1.25. The van der Waals surface area contributed by atoms with Crippen molar-refractivity contribution < 1.29 is 0 Å². The molecule has 1 N–H and O–H groups in total. The van der Waals surface area contributed by atoms with Crippen molar-refractivity contribution >= 4 is 5.71 Å². The lowest BCUT2D eigenvalue weighted by Crippen LogP contribution is -2.20. The Morgan fingerprint density at radius 2 is 1.85 bits per heavy atom. The molecule has 1 heteroatoms. The number of hydrogen-bond acceptors (Lipinski definition) is 1. The van der Waals surface area contributed by atoms with Gasteiger partial charge in [0, 0.05) is 5.71 Å². The molecule has 1 fully saturated rings. The monoisotopic (exact) mass is 171 g/mol. The van der Waals surface area contributed by atoms with E-state index >= 15 is 0 Å². The van der Waals surface area contributed by atoms with E-state index in [9.17, 15) is 0 Å². The van der Waals surface area contributed by atoms with Crippen molar-refractivity contribution in [1.82, 2.24) is 0 Å². The normalized spacial score (nSPS) is 22.9. The van der Waals surface area contributed by atoms with E-state index in [4.69, 9.17) is 5.41 Å². The first kappa shape index (κ1) is 7.31. The second-order valence-corrected chi connectivity index (χ2v) is 4.30. The van der Waals surface area contributed by atoms with Crippen molar-refractivity contribution in [1.29, 1.82) is 5.41 Å². The highest BCUT2D eigenvalue weighted by Gasteiger charge is 2.47. The molecule has 0 radical (unpaired) electrons. The highest BCUT2D eigenvalue weighted by Crippen LogP contribution is 2.55. The topological polar surface area (TPSA) is 23.9 Å². The summed E-state index contributed by atoms with van der Waals surface area (Å²) >= 11 is 0. The molecule has 0 unspecified atom stereocenters. The number of hydrogen-bond donors (Lipinski definition) is 1. The zero-order chi connectivity index (χ0) is 8.89. The predicted octanol–water partition coefficient (Wildman–Crippen LogP) is 2.88. The lowest BCUT2D eigenvalue weighted by Gasteiger charge is -2.25. The fraction of sp³-hybridized carbons (Fsp3) is 0.417. The van der Waals surface area contributed by atoms with E-state index in [1.807, 2.05) is 0 Å². The molecule has 2 aliphatic rings. The van der Waals surface area contributed by atoms with Crippen LogP contribution >= 0.6 is 0 Å². The third-order valence-corrected chi connectivity index (χ3v) is 3.53. The van der Waals surface area contributed by atoms with E-state index in [-0.39, 0.29) is 0 Å². The molecule has 0 aromatic heterocycles. The van der Waals surface area contributed by atoms with Gasteiger partial charge in [-0.1, -0.05) is 24.3 Å². The zero-order valence-electron chi connectivity index (χ0n) is 7.64. The highest BCUT2D eigenvalue weighted by atomic mass is 14.5. The molecule has 66 valence electrons. The van der Waals surface area contributed by atoms with Crippen LogP contribution in [-0.4, -0.2) is 5.71 Å². The zero-order valence-corrected chi connectivity index (χ0v) is 7.64. The largest absolute Gasteiger partial charge is 0.305 e. The maximum absolute atomic E-state index is 7.87. The average Bonchev–Trinajstić information content (AvgIpc) is 2.94. The molecule has 1 spiro atoms. The molecule has 1 aromatic rings. The van der Waals surface area contributed by atoms with Crippen LogP contribution in [-0.2, 0) is 5.41 Å². The minimum Gasteiger partial charge on any atom is -0.305 e. The first-order valence-corrected chi connectivity index (χ1v) is 4.99. The van der Waals surface area contributed by atoms with Crippen LogP contribution in [0, 0.1) is 5.41 Å². The minimum absolute atomic E-state index is 0.501. The maximum Gasteiger partial charge on any atom is 0.0389 e. The van der Waals surface area contributed by atoms with Gasteiger partial charge in [-0.15, -0.1) is 0 Å². The molecule has 1 aromatic carbocycles. The van der Waals surface area contributed by atoms with Crippen LogP contribution in [0.5, 0.6) is 0 Å². The van der Waals surface area contributed by atoms with Gasteiger partial charge in [0.1, 0.15) is 0 Å². The first-order chi connectivity index (χ1) is 6.32. The summed E-state index contributed by atoms with van der Waals surface area (Å²) in [6, 6.07) is 8.49. The minimum atomic E-state index is 0.501. The van der Waals surface area contributed by atoms with Crippen LogP contribution in [0.4, 0.5) is 0 Å². The van der Waals surface area contributed by atoms with Crippen molar-refractivity contribution in [3.63, 3.8) is 0 Å². The van der Waals surface area contributed by atoms with Crippen molar-refractivity contribution in [3.8, 4) is 0 Å². The molecular weight excluding hydrogens is 158 g/mol. The number of rotatable bonds is 0. The summed E-state index contributed by atoms with van der Waals surface area (Å²) in [5.41, 5.74) is 4.01. The van der Waals surface area contributed by atoms with Gasteiger partial charge in [-0.25, -0.2) is 0 Å². The molecule has 1 saturated carbocycles. The Morgan fingerprint density at radius 1 is 1.08 bits per heavy atom. The van der Waals surface area contributed by atoms with E-state index in [1.165, 1.54) is 30.4 Å². The highest BCUT2D eigenvalue weighted by molar-refractivity contribution is 6.01. The van der Waals surface area contributed by atoms with Gasteiger partial charge < -0.3 is 5.41 Å². The van der Waals surface area contributed by atoms with Gasteiger partial charge >= 0.3 is 0 Å². The third-order valence-electron chi connectivity index (χ3n) is 3.53. The Labute approximate surface area is 78.3 Å². The number of fused-ring (bicyclic) bond motifs is 2. The number of nitrogens with one attached hydrogen (secondary N) is 1. The quantitative estimate of drug-likeness (QED) is 0.620. The van der Waals surface area contributed by atoms with Crippen LogP contribution in [0.15, 0.2) is 24.3 Å². The molecule has 2 aliphatic carbocycles. The lowest BCUT2D eigenvalue weighted by atomic mass is 9.79. The van der Waals surface area contributed by atoms with Gasteiger partial charge in [-0.05, 0) is 42.2 Å². The van der Waals surface area contributed by atoms with Crippen LogP contribution in [0.2, 0.25) is 0 Å². The Hall–Kier alpha value is -1.11. The molecule has 0 bridgehead atoms. The second kappa shape index (κ2) is 2.22. The first-order valence-electron chi connectivity index (χ1n) is 4.99. The van der Waals surface area contributed by atoms with E-state index < -0.39 is 0 Å². The van der Waals surface area contributed by atoms with Crippen molar-refractivity contribution in [2.75, 3.05) is 0 Å². The summed E-state index contributed by atoms with van der Waals surface area (Å²) in [6.45, 7) is 0. The van der Waals surface area contributed by atoms with Crippen LogP contribution in [0.3, 0.4) is 0 Å². The molecule has 0 amide bonds. The van der Waals surface area contributed by atoms with Crippen LogP contribution in [0.25, 0.3) is 0 Å². The average molecular weight is 171 g/mol. The van der Waals surface area contributed by atoms with Gasteiger partial charge in [-0.3, -0.25) is 0 Å². The van der Waals surface area contributed by atoms with E-state index in [1.54, 1.807) is 0 Å². The Morgan fingerprint density at radius 3 is 2.62 bits per heavy atom. The molecule has 0 heterocycles. The van der Waals surface area contributed by atoms with Gasteiger partial charge in [0.2, 0.25) is 0 Å². The SMILES string of the molecule is N=C1CCC2(CC2)c2ccccc21.